The molecule has 154 valence electrons. The molecular formula is C22H26ClN3O3. The number of aryl methyl sites for hydroxylation is 1. The number of amides is 1. The number of pyridine rings is 1. The van der Waals surface area contributed by atoms with E-state index < -0.39 is 11.5 Å². The summed E-state index contributed by atoms with van der Waals surface area (Å²) < 4.78 is 5.45. The third kappa shape index (κ3) is 4.25. The molecule has 7 heteroatoms. The van der Waals surface area contributed by atoms with E-state index in [-0.39, 0.29) is 11.9 Å². The fraction of sp³-hybridized carbons (Fsp3) is 0.455. The third-order valence-corrected chi connectivity index (χ3v) is 6.09. The first kappa shape index (κ1) is 20.1. The second kappa shape index (κ2) is 8.30. The Hall–Kier alpha value is -2.15. The number of nitrogens with zero attached hydrogens (tertiary/aromatic N) is 2. The van der Waals surface area contributed by atoms with Gasteiger partial charge in [-0.15, -0.1) is 0 Å². The topological polar surface area (TPSA) is 74.7 Å². The molecule has 2 saturated heterocycles. The molecule has 6 nitrogen and oxygen atoms in total. The van der Waals surface area contributed by atoms with Crippen molar-refractivity contribution in [1.29, 1.82) is 0 Å². The molecule has 2 aliphatic rings. The Bertz CT molecular complexity index is 868. The molecule has 0 bridgehead atoms. The molecular weight excluding hydrogens is 390 g/mol. The number of anilines is 1. The Balaban J connectivity index is 1.54. The molecule has 0 unspecified atom stereocenters. The highest BCUT2D eigenvalue weighted by Gasteiger charge is 2.50. The summed E-state index contributed by atoms with van der Waals surface area (Å²) >= 11 is 6.02. The Morgan fingerprint density at radius 3 is 2.79 bits per heavy atom. The zero-order valence-corrected chi connectivity index (χ0v) is 17.2. The number of carbonyl (C=O) groups is 1. The monoisotopic (exact) mass is 415 g/mol. The third-order valence-electron chi connectivity index (χ3n) is 5.84. The van der Waals surface area contributed by atoms with Gasteiger partial charge in [0.2, 0.25) is 5.91 Å². The molecule has 2 aromatic rings. The first-order valence-corrected chi connectivity index (χ1v) is 10.3. The molecule has 2 aliphatic heterocycles. The summed E-state index contributed by atoms with van der Waals surface area (Å²) in [6.45, 7) is 4.03. The van der Waals surface area contributed by atoms with Gasteiger partial charge in [-0.1, -0.05) is 29.8 Å². The van der Waals surface area contributed by atoms with E-state index in [9.17, 15) is 9.90 Å². The number of aliphatic hydroxyl groups excluding tert-OH is 1. The van der Waals surface area contributed by atoms with Crippen molar-refractivity contribution in [3.05, 3.63) is 58.7 Å². The van der Waals surface area contributed by atoms with E-state index in [4.69, 9.17) is 16.3 Å². The molecule has 0 spiro atoms. The summed E-state index contributed by atoms with van der Waals surface area (Å²) in [7, 11) is 0. The lowest BCUT2D eigenvalue weighted by atomic mass is 9.73. The Morgan fingerprint density at radius 1 is 1.34 bits per heavy atom. The van der Waals surface area contributed by atoms with Gasteiger partial charge >= 0.3 is 0 Å². The number of ether oxygens (including phenoxy) is 1. The fourth-order valence-electron chi connectivity index (χ4n) is 4.16. The zero-order valence-electron chi connectivity index (χ0n) is 16.5. The van der Waals surface area contributed by atoms with Gasteiger partial charge in [0, 0.05) is 30.9 Å². The summed E-state index contributed by atoms with van der Waals surface area (Å²) in [6.07, 6.45) is 2.34. The van der Waals surface area contributed by atoms with Gasteiger partial charge in [-0.2, -0.15) is 0 Å². The second-order valence-electron chi connectivity index (χ2n) is 8.09. The lowest BCUT2D eigenvalue weighted by molar-refractivity contribution is -0.136. The smallest absolute Gasteiger partial charge is 0.230 e. The number of halogens is 1. The molecule has 4 rings (SSSR count). The van der Waals surface area contributed by atoms with Crippen LogP contribution in [0, 0.1) is 12.3 Å². The molecule has 2 fully saturated rings. The number of aliphatic hydroxyl groups is 1. The Kier molecular flexibility index (Phi) is 5.76. The summed E-state index contributed by atoms with van der Waals surface area (Å²) in [4.78, 5) is 20.0. The van der Waals surface area contributed by atoms with Crippen LogP contribution in [0.5, 0.6) is 0 Å². The summed E-state index contributed by atoms with van der Waals surface area (Å²) in [6, 6.07) is 11.2. The predicted octanol–water partition coefficient (Wildman–Crippen LogP) is 2.36. The van der Waals surface area contributed by atoms with Crippen LogP contribution in [-0.2, 0) is 16.0 Å². The largest absolute Gasteiger partial charge is 0.391 e. The number of aromatic nitrogens is 1. The van der Waals surface area contributed by atoms with Gasteiger partial charge in [0.1, 0.15) is 5.82 Å². The minimum Gasteiger partial charge on any atom is -0.391 e. The van der Waals surface area contributed by atoms with E-state index in [1.165, 1.54) is 0 Å². The quantitative estimate of drug-likeness (QED) is 0.784. The van der Waals surface area contributed by atoms with E-state index >= 15 is 0 Å². The van der Waals surface area contributed by atoms with Crippen LogP contribution < -0.4 is 10.2 Å². The first-order chi connectivity index (χ1) is 14.0. The summed E-state index contributed by atoms with van der Waals surface area (Å²) in [5.41, 5.74) is 1.56. The van der Waals surface area contributed by atoms with Gasteiger partial charge in [0.15, 0.2) is 0 Å². The van der Waals surface area contributed by atoms with E-state index in [0.29, 0.717) is 44.2 Å². The maximum Gasteiger partial charge on any atom is 0.230 e. The molecule has 29 heavy (non-hydrogen) atoms. The van der Waals surface area contributed by atoms with Crippen molar-refractivity contribution in [1.82, 2.24) is 10.3 Å². The van der Waals surface area contributed by atoms with Crippen LogP contribution in [0.15, 0.2) is 42.6 Å². The van der Waals surface area contributed by atoms with Crippen molar-refractivity contribution in [2.24, 2.45) is 5.41 Å². The lowest BCUT2D eigenvalue weighted by Gasteiger charge is -2.50. The standard InChI is InChI=1S/C22H26ClN3O3/c1-15-3-2-9-24-20(15)26-13-22(14-26,11-16-4-6-17(23)7-5-16)21(28)25-18-12-29-10-8-19(18)27/h2-7,9,18-19,27H,8,10-14H2,1H3,(H,25,28)/t18-,19-/m1/s1. The maximum absolute atomic E-state index is 13.3. The van der Waals surface area contributed by atoms with Crippen LogP contribution in [0.2, 0.25) is 5.02 Å². The highest BCUT2D eigenvalue weighted by Crippen LogP contribution is 2.38. The highest BCUT2D eigenvalue weighted by atomic mass is 35.5. The molecule has 0 saturated carbocycles. The minimum absolute atomic E-state index is 0.0492. The summed E-state index contributed by atoms with van der Waals surface area (Å²) in [5, 5.41) is 13.9. The van der Waals surface area contributed by atoms with E-state index in [1.807, 2.05) is 43.3 Å². The van der Waals surface area contributed by atoms with Crippen LogP contribution in [0.3, 0.4) is 0 Å². The molecule has 0 radical (unpaired) electrons. The molecule has 3 heterocycles. The van der Waals surface area contributed by atoms with Crippen molar-refractivity contribution < 1.29 is 14.6 Å². The van der Waals surface area contributed by atoms with Gasteiger partial charge in [-0.3, -0.25) is 4.79 Å². The fourth-order valence-corrected chi connectivity index (χ4v) is 4.28. The van der Waals surface area contributed by atoms with E-state index in [1.54, 1.807) is 6.20 Å². The number of hydrogen-bond donors (Lipinski definition) is 2. The van der Waals surface area contributed by atoms with E-state index in [2.05, 4.69) is 15.2 Å². The molecule has 1 aromatic carbocycles. The molecule has 1 amide bonds. The zero-order chi connectivity index (χ0) is 20.4. The first-order valence-electron chi connectivity index (χ1n) is 9.95. The minimum atomic E-state index is -0.588. The van der Waals surface area contributed by atoms with Gasteiger partial charge in [0.05, 0.1) is 24.2 Å². The predicted molar refractivity (Wildman–Crippen MR) is 112 cm³/mol. The van der Waals surface area contributed by atoms with Crippen LogP contribution in [-0.4, -0.2) is 54.4 Å². The lowest BCUT2D eigenvalue weighted by Crippen LogP contribution is -2.67. The Labute approximate surface area is 175 Å². The molecule has 0 aliphatic carbocycles. The van der Waals surface area contributed by atoms with Crippen molar-refractivity contribution in [2.45, 2.75) is 31.9 Å². The van der Waals surface area contributed by atoms with Gasteiger partial charge in [0.25, 0.3) is 0 Å². The number of nitrogens with one attached hydrogen (secondary N) is 1. The highest BCUT2D eigenvalue weighted by molar-refractivity contribution is 6.30. The normalized spacial score (nSPS) is 23.3. The number of carbonyl (C=O) groups excluding carboxylic acids is 1. The maximum atomic E-state index is 13.3. The van der Waals surface area contributed by atoms with Gasteiger partial charge in [-0.25, -0.2) is 4.98 Å². The SMILES string of the molecule is Cc1cccnc1N1CC(Cc2ccc(Cl)cc2)(C(=O)N[C@@H]2COCC[C@H]2O)C1. The number of benzene rings is 1. The van der Waals surface area contributed by atoms with Crippen LogP contribution in [0.25, 0.3) is 0 Å². The summed E-state index contributed by atoms with van der Waals surface area (Å²) in [5.74, 6) is 0.861. The number of hydrogen-bond acceptors (Lipinski definition) is 5. The van der Waals surface area contributed by atoms with Crippen LogP contribution >= 0.6 is 11.6 Å². The molecule has 1 aromatic heterocycles. The number of rotatable bonds is 5. The average Bonchev–Trinajstić information content (AvgIpc) is 2.68. The van der Waals surface area contributed by atoms with E-state index in [0.717, 1.165) is 16.9 Å². The van der Waals surface area contributed by atoms with Crippen LogP contribution in [0.1, 0.15) is 17.5 Å². The van der Waals surface area contributed by atoms with Crippen molar-refractivity contribution >= 4 is 23.3 Å². The van der Waals surface area contributed by atoms with Crippen molar-refractivity contribution in [3.63, 3.8) is 0 Å². The van der Waals surface area contributed by atoms with Crippen molar-refractivity contribution in [3.8, 4) is 0 Å². The van der Waals surface area contributed by atoms with Gasteiger partial charge < -0.3 is 20.1 Å². The molecule has 2 atom stereocenters. The molecule has 2 N–H and O–H groups in total. The average molecular weight is 416 g/mol. The Morgan fingerprint density at radius 2 is 2.10 bits per heavy atom. The van der Waals surface area contributed by atoms with Crippen molar-refractivity contribution in [2.75, 3.05) is 31.2 Å². The van der Waals surface area contributed by atoms with Crippen LogP contribution in [0.4, 0.5) is 5.82 Å². The van der Waals surface area contributed by atoms with Gasteiger partial charge in [-0.05, 0) is 49.1 Å². The second-order valence-corrected chi connectivity index (χ2v) is 8.53.